The van der Waals surface area contributed by atoms with Crippen LogP contribution in [0.25, 0.3) is 0 Å². The molecule has 0 atom stereocenters. The van der Waals surface area contributed by atoms with Gasteiger partial charge in [0, 0.05) is 12.8 Å². The van der Waals surface area contributed by atoms with E-state index in [2.05, 4.69) is 12.2 Å². The van der Waals surface area contributed by atoms with Crippen molar-refractivity contribution in [2.45, 2.75) is 64.7 Å². The van der Waals surface area contributed by atoms with Crippen molar-refractivity contribution in [2.24, 2.45) is 5.92 Å². The number of hydrogen-bond donors (Lipinski definition) is 1. The van der Waals surface area contributed by atoms with Crippen molar-refractivity contribution < 1.29 is 19.4 Å². The average molecular weight is 360 g/mol. The van der Waals surface area contributed by atoms with Crippen LogP contribution in [0.2, 0.25) is 0 Å². The van der Waals surface area contributed by atoms with E-state index < -0.39 is 5.97 Å². The fourth-order valence-corrected chi connectivity index (χ4v) is 2.85. The van der Waals surface area contributed by atoms with Gasteiger partial charge in [-0.3, -0.25) is 4.79 Å². The highest BCUT2D eigenvalue weighted by Crippen LogP contribution is 2.25. The SMILES string of the molecule is C(=C\C1CCCC1)/CCOc1ccccc1.CC(=O)CCCCC(=O)O. The van der Waals surface area contributed by atoms with E-state index in [1.807, 2.05) is 30.3 Å². The molecule has 1 saturated carbocycles. The molecular weight excluding hydrogens is 328 g/mol. The first-order chi connectivity index (χ1) is 12.6. The Morgan fingerprint density at radius 1 is 1.12 bits per heavy atom. The Kier molecular flexibility index (Phi) is 11.9. The van der Waals surface area contributed by atoms with Crippen LogP contribution in [0.4, 0.5) is 0 Å². The summed E-state index contributed by atoms with van der Waals surface area (Å²) in [5.41, 5.74) is 0. The third-order valence-electron chi connectivity index (χ3n) is 4.27. The molecule has 1 aromatic rings. The van der Waals surface area contributed by atoms with Crippen molar-refractivity contribution in [1.29, 1.82) is 0 Å². The van der Waals surface area contributed by atoms with Gasteiger partial charge in [0.1, 0.15) is 11.5 Å². The maximum atomic E-state index is 10.3. The highest BCUT2D eigenvalue weighted by Gasteiger charge is 2.10. The number of para-hydroxylation sites is 1. The molecule has 1 fully saturated rings. The van der Waals surface area contributed by atoms with E-state index in [1.165, 1.54) is 32.6 Å². The van der Waals surface area contributed by atoms with Crippen LogP contribution in [0.3, 0.4) is 0 Å². The lowest BCUT2D eigenvalue weighted by Gasteiger charge is -2.04. The minimum atomic E-state index is -0.788. The molecule has 1 aromatic carbocycles. The number of rotatable bonds is 10. The number of carboxylic acid groups (broad SMARTS) is 1. The summed E-state index contributed by atoms with van der Waals surface area (Å²) in [4.78, 5) is 20.3. The second-order valence-electron chi connectivity index (χ2n) is 6.73. The molecule has 144 valence electrons. The zero-order valence-electron chi connectivity index (χ0n) is 15.9. The van der Waals surface area contributed by atoms with Gasteiger partial charge in [-0.2, -0.15) is 0 Å². The third-order valence-corrected chi connectivity index (χ3v) is 4.27. The van der Waals surface area contributed by atoms with Crippen molar-refractivity contribution >= 4 is 11.8 Å². The number of unbranched alkanes of at least 4 members (excludes halogenated alkanes) is 1. The predicted octanol–water partition coefficient (Wildman–Crippen LogP) is 5.42. The lowest BCUT2D eigenvalue weighted by atomic mass is 10.1. The largest absolute Gasteiger partial charge is 0.493 e. The van der Waals surface area contributed by atoms with E-state index in [-0.39, 0.29) is 12.2 Å². The molecule has 0 bridgehead atoms. The highest BCUT2D eigenvalue weighted by molar-refractivity contribution is 5.75. The van der Waals surface area contributed by atoms with E-state index >= 15 is 0 Å². The number of ether oxygens (including phenoxy) is 1. The van der Waals surface area contributed by atoms with Crippen LogP contribution >= 0.6 is 0 Å². The van der Waals surface area contributed by atoms with Crippen molar-refractivity contribution in [3.8, 4) is 5.75 Å². The number of carbonyl (C=O) groups is 2. The van der Waals surface area contributed by atoms with Crippen LogP contribution in [-0.4, -0.2) is 23.5 Å². The zero-order chi connectivity index (χ0) is 19.0. The van der Waals surface area contributed by atoms with Gasteiger partial charge in [-0.1, -0.05) is 43.2 Å². The Morgan fingerprint density at radius 3 is 2.38 bits per heavy atom. The fraction of sp³-hybridized carbons (Fsp3) is 0.545. The number of Topliss-reactive ketones (excluding diaryl/α,β-unsaturated/α-hetero) is 1. The molecule has 0 unspecified atom stereocenters. The normalized spacial score (nSPS) is 14.0. The minimum absolute atomic E-state index is 0.130. The Balaban J connectivity index is 0.000000294. The van der Waals surface area contributed by atoms with Gasteiger partial charge in [-0.25, -0.2) is 0 Å². The minimum Gasteiger partial charge on any atom is -0.493 e. The molecule has 0 aromatic heterocycles. The Hall–Kier alpha value is -2.10. The van der Waals surface area contributed by atoms with Gasteiger partial charge >= 0.3 is 5.97 Å². The van der Waals surface area contributed by atoms with Gasteiger partial charge in [0.25, 0.3) is 0 Å². The number of hydrogen-bond acceptors (Lipinski definition) is 3. The highest BCUT2D eigenvalue weighted by atomic mass is 16.5. The molecule has 4 nitrogen and oxygen atoms in total. The van der Waals surface area contributed by atoms with Crippen molar-refractivity contribution in [3.05, 3.63) is 42.5 Å². The van der Waals surface area contributed by atoms with Gasteiger partial charge in [0.05, 0.1) is 6.61 Å². The van der Waals surface area contributed by atoms with Gasteiger partial charge in [-0.05, 0) is 57.1 Å². The van der Waals surface area contributed by atoms with Crippen molar-refractivity contribution in [1.82, 2.24) is 0 Å². The number of carbonyl (C=O) groups excluding carboxylic acids is 1. The Morgan fingerprint density at radius 2 is 1.77 bits per heavy atom. The standard InChI is InChI=1S/C15H20O.C7H12O3/c1-2-11-15(12-3-1)16-13-7-6-10-14-8-4-5-9-14;1-6(8)4-2-3-5-7(9)10/h1-3,6,10-12,14H,4-5,7-9,13H2;2-5H2,1H3,(H,9,10)/b10-6+;. The van der Waals surface area contributed by atoms with E-state index in [9.17, 15) is 9.59 Å². The fourth-order valence-electron chi connectivity index (χ4n) is 2.85. The van der Waals surface area contributed by atoms with E-state index in [1.54, 1.807) is 0 Å². The molecule has 0 amide bonds. The number of benzene rings is 1. The van der Waals surface area contributed by atoms with Crippen LogP contribution in [0, 0.1) is 5.92 Å². The molecular formula is C22H32O4. The molecule has 0 radical (unpaired) electrons. The van der Waals surface area contributed by atoms with Crippen molar-refractivity contribution in [3.63, 3.8) is 0 Å². The maximum Gasteiger partial charge on any atom is 0.303 e. The van der Waals surface area contributed by atoms with Crippen LogP contribution < -0.4 is 4.74 Å². The summed E-state index contributed by atoms with van der Waals surface area (Å²) >= 11 is 0. The lowest BCUT2D eigenvalue weighted by Crippen LogP contribution is -1.95. The molecule has 1 aliphatic carbocycles. The van der Waals surface area contributed by atoms with Crippen LogP contribution in [-0.2, 0) is 9.59 Å². The second-order valence-corrected chi connectivity index (χ2v) is 6.73. The quantitative estimate of drug-likeness (QED) is 0.447. The Bertz CT molecular complexity index is 514. The predicted molar refractivity (Wildman–Crippen MR) is 104 cm³/mol. The maximum absolute atomic E-state index is 10.3. The van der Waals surface area contributed by atoms with Crippen LogP contribution in [0.5, 0.6) is 5.75 Å². The zero-order valence-corrected chi connectivity index (χ0v) is 15.9. The van der Waals surface area contributed by atoms with Gasteiger partial charge in [0.2, 0.25) is 0 Å². The van der Waals surface area contributed by atoms with Crippen LogP contribution in [0.1, 0.15) is 64.7 Å². The second kappa shape index (κ2) is 14.1. The molecule has 1 N–H and O–H groups in total. The Labute approximate surface area is 157 Å². The molecule has 0 saturated heterocycles. The monoisotopic (exact) mass is 360 g/mol. The molecule has 26 heavy (non-hydrogen) atoms. The van der Waals surface area contributed by atoms with Crippen LogP contribution in [0.15, 0.2) is 42.5 Å². The summed E-state index contributed by atoms with van der Waals surface area (Å²) in [7, 11) is 0. The summed E-state index contributed by atoms with van der Waals surface area (Å²) in [6.45, 7) is 2.30. The first-order valence-electron chi connectivity index (χ1n) is 9.63. The topological polar surface area (TPSA) is 63.6 Å². The molecule has 2 rings (SSSR count). The molecule has 0 aliphatic heterocycles. The summed E-state index contributed by atoms with van der Waals surface area (Å²) in [6.07, 6.45) is 13.2. The van der Waals surface area contributed by atoms with E-state index in [0.717, 1.165) is 24.7 Å². The first kappa shape index (κ1) is 21.9. The van der Waals surface area contributed by atoms with Crippen molar-refractivity contribution in [2.75, 3.05) is 6.61 Å². The summed E-state index contributed by atoms with van der Waals surface area (Å²) in [6, 6.07) is 10.0. The van der Waals surface area contributed by atoms with E-state index in [0.29, 0.717) is 19.3 Å². The van der Waals surface area contributed by atoms with Gasteiger partial charge < -0.3 is 14.6 Å². The third kappa shape index (κ3) is 12.3. The number of allylic oxidation sites excluding steroid dienone is 1. The van der Waals surface area contributed by atoms with Gasteiger partial charge in [0.15, 0.2) is 0 Å². The smallest absolute Gasteiger partial charge is 0.303 e. The molecule has 0 spiro atoms. The molecule has 4 heteroatoms. The summed E-state index contributed by atoms with van der Waals surface area (Å²) in [5, 5.41) is 8.19. The number of ketones is 1. The number of carboxylic acids is 1. The van der Waals surface area contributed by atoms with E-state index in [4.69, 9.17) is 9.84 Å². The number of aliphatic carboxylic acids is 1. The first-order valence-corrected chi connectivity index (χ1v) is 9.63. The molecule has 0 heterocycles. The average Bonchev–Trinajstić information content (AvgIpc) is 3.13. The summed E-state index contributed by atoms with van der Waals surface area (Å²) < 4.78 is 5.62. The molecule has 1 aliphatic rings. The summed E-state index contributed by atoms with van der Waals surface area (Å²) in [5.74, 6) is 1.16. The lowest BCUT2D eigenvalue weighted by molar-refractivity contribution is -0.137. The van der Waals surface area contributed by atoms with Gasteiger partial charge in [-0.15, -0.1) is 0 Å².